The van der Waals surface area contributed by atoms with Crippen LogP contribution in [0.1, 0.15) is 214 Å². The fourth-order valence-corrected chi connectivity index (χ4v) is 10.8. The molecule has 10 heteroatoms. The van der Waals surface area contributed by atoms with Crippen molar-refractivity contribution in [2.24, 2.45) is 9.98 Å². The molecule has 0 unspecified atom stereocenters. The predicted molar refractivity (Wildman–Crippen MR) is 418 cm³/mol. The van der Waals surface area contributed by atoms with E-state index >= 15 is 0 Å². The molecular formula is C86H98N4S4Y2. The molecule has 10 aromatic rings. The summed E-state index contributed by atoms with van der Waals surface area (Å²) in [6, 6.07) is 85.6. The van der Waals surface area contributed by atoms with Crippen LogP contribution in [0, 0.1) is 0 Å². The Morgan fingerprint density at radius 3 is 0.552 bits per heavy atom. The molecule has 4 nitrogen and oxygen atoms in total. The maximum atomic E-state index is 5.32. The topological polar surface area (TPSA) is 52.9 Å². The Balaban J connectivity index is 0.000000349. The molecule has 0 atom stereocenters. The summed E-state index contributed by atoms with van der Waals surface area (Å²) in [6.45, 7) is 35.8. The molecule has 0 heterocycles. The van der Waals surface area contributed by atoms with E-state index in [0.29, 0.717) is 47.3 Å². The number of amidine groups is 2. The van der Waals surface area contributed by atoms with Gasteiger partial charge in [-0.25, -0.2) is 0 Å². The summed E-state index contributed by atoms with van der Waals surface area (Å²) in [7, 11) is 0. The summed E-state index contributed by atoms with van der Waals surface area (Å²) in [5, 5.41) is 10.6. The molecule has 0 aliphatic rings. The molecule has 0 aromatic heterocycles. The first-order chi connectivity index (χ1) is 45.0. The molecule has 10 rings (SSSR count). The second kappa shape index (κ2) is 45.0. The van der Waals surface area contributed by atoms with E-state index in [1.165, 1.54) is 44.5 Å². The summed E-state index contributed by atoms with van der Waals surface area (Å²) in [4.78, 5) is 14.3. The van der Waals surface area contributed by atoms with Crippen LogP contribution in [-0.4, -0.2) is 11.7 Å². The van der Waals surface area contributed by atoms with Gasteiger partial charge in [-0.05, 0) is 126 Å². The monoisotopic (exact) mass is 1490 g/mol. The molecule has 0 bridgehead atoms. The zero-order valence-corrected chi connectivity index (χ0v) is 68.4. The largest absolute Gasteiger partial charge is 3.00 e. The maximum Gasteiger partial charge on any atom is 3.00 e. The summed E-state index contributed by atoms with van der Waals surface area (Å²) in [6.07, 6.45) is 0. The van der Waals surface area contributed by atoms with Crippen molar-refractivity contribution < 1.29 is 65.4 Å². The van der Waals surface area contributed by atoms with Crippen molar-refractivity contribution in [3.05, 3.63) is 321 Å². The number of nitrogens with zero attached hydrogens (tertiary/aromatic N) is 4. The molecular weight excluding hydrogens is 1400 g/mol. The normalized spacial score (nSPS) is 11.0. The summed E-state index contributed by atoms with van der Waals surface area (Å²) < 4.78 is 0. The SMILES string of the molecule is CC(C)c1cccc(C(C)C)c1N=C([N-]c1c(C(C)C)cccc1C(C)C)c1ccccc1.CC(C)c1cccc(C(C)C)c1N=C([N-]c1c(C(C)C)cccc1C(C)C)c1ccccc1.[S-]c1ccccc1.[S-]c1ccccc1.[S-]c1ccccc1.[S-]c1ccccc1.[Y+3].[Y+3]. The van der Waals surface area contributed by atoms with Crippen LogP contribution >= 0.6 is 0 Å². The Kier molecular flexibility index (Phi) is 39.6. The minimum absolute atomic E-state index is 0. The third-order valence-corrected chi connectivity index (χ3v) is 16.4. The van der Waals surface area contributed by atoms with Gasteiger partial charge < -0.3 is 71.1 Å². The maximum absolute atomic E-state index is 5.32. The van der Waals surface area contributed by atoms with Crippen LogP contribution in [0.5, 0.6) is 0 Å². The van der Waals surface area contributed by atoms with Crippen LogP contribution in [0.2, 0.25) is 0 Å². The van der Waals surface area contributed by atoms with Gasteiger partial charge in [-0.15, -0.1) is 0 Å². The third kappa shape index (κ3) is 28.2. The van der Waals surface area contributed by atoms with E-state index in [-0.39, 0.29) is 65.4 Å². The summed E-state index contributed by atoms with van der Waals surface area (Å²) in [5.41, 5.74) is 16.5. The van der Waals surface area contributed by atoms with E-state index in [0.717, 1.165) is 65.1 Å². The Morgan fingerprint density at radius 2 is 0.396 bits per heavy atom. The molecule has 0 radical (unpaired) electrons. The summed E-state index contributed by atoms with van der Waals surface area (Å²) >= 11 is 19.2. The fourth-order valence-electron chi connectivity index (χ4n) is 10.2. The van der Waals surface area contributed by atoms with Crippen molar-refractivity contribution in [3.8, 4) is 0 Å². The zero-order valence-electron chi connectivity index (χ0n) is 59.4. The number of benzene rings is 10. The van der Waals surface area contributed by atoms with E-state index in [1.54, 1.807) is 0 Å². The number of hydrogen-bond acceptors (Lipinski definition) is 6. The Bertz CT molecular complexity index is 3410. The first-order valence-electron chi connectivity index (χ1n) is 33.1. The van der Waals surface area contributed by atoms with E-state index in [1.807, 2.05) is 133 Å². The molecule has 96 heavy (non-hydrogen) atoms. The average Bonchev–Trinajstić information content (AvgIpc) is 0.833. The molecule has 0 N–H and O–H groups in total. The third-order valence-electron chi connectivity index (χ3n) is 15.3. The Labute approximate surface area is 652 Å². The Morgan fingerprint density at radius 1 is 0.229 bits per heavy atom. The molecule has 492 valence electrons. The van der Waals surface area contributed by atoms with Crippen molar-refractivity contribution in [1.29, 1.82) is 0 Å². The number of para-hydroxylation sites is 4. The van der Waals surface area contributed by atoms with Crippen LogP contribution in [0.4, 0.5) is 22.7 Å². The molecule has 0 spiro atoms. The van der Waals surface area contributed by atoms with E-state index in [4.69, 9.17) is 71.1 Å². The van der Waals surface area contributed by atoms with Crippen LogP contribution in [0.3, 0.4) is 0 Å². The van der Waals surface area contributed by atoms with E-state index in [2.05, 4.69) is 232 Å². The van der Waals surface area contributed by atoms with E-state index < -0.39 is 0 Å². The molecule has 0 aliphatic heterocycles. The first-order valence-corrected chi connectivity index (χ1v) is 34.7. The van der Waals surface area contributed by atoms with Gasteiger partial charge in [-0.2, -0.15) is 19.6 Å². The number of rotatable bonds is 14. The van der Waals surface area contributed by atoms with Crippen LogP contribution in [-0.2, 0) is 116 Å². The van der Waals surface area contributed by atoms with Gasteiger partial charge >= 0.3 is 65.4 Å². The van der Waals surface area contributed by atoms with Gasteiger partial charge in [0.1, 0.15) is 0 Å². The molecule has 0 saturated heterocycles. The molecule has 0 aliphatic carbocycles. The zero-order chi connectivity index (χ0) is 68.7. The minimum Gasteiger partial charge on any atom is -0.780 e. The molecule has 0 fully saturated rings. The van der Waals surface area contributed by atoms with Gasteiger partial charge in [0.05, 0.1) is 0 Å². The Hall–Kier alpha value is -5.77. The summed E-state index contributed by atoms with van der Waals surface area (Å²) in [5.74, 6) is 4.62. The van der Waals surface area contributed by atoms with Crippen LogP contribution in [0.15, 0.2) is 284 Å². The molecule has 10 aromatic carbocycles. The number of hydrogen-bond donors (Lipinski definition) is 0. The van der Waals surface area contributed by atoms with Crippen molar-refractivity contribution in [2.45, 2.75) is 178 Å². The predicted octanol–water partition coefficient (Wildman–Crippen LogP) is 26.3. The van der Waals surface area contributed by atoms with Crippen molar-refractivity contribution in [3.63, 3.8) is 0 Å². The second-order valence-electron chi connectivity index (χ2n) is 25.5. The van der Waals surface area contributed by atoms with Crippen molar-refractivity contribution in [2.75, 3.05) is 0 Å². The van der Waals surface area contributed by atoms with Crippen molar-refractivity contribution >= 4 is 84.9 Å². The van der Waals surface area contributed by atoms with Crippen molar-refractivity contribution in [1.82, 2.24) is 0 Å². The van der Waals surface area contributed by atoms with Crippen LogP contribution in [0.25, 0.3) is 10.6 Å². The minimum atomic E-state index is 0. The smallest absolute Gasteiger partial charge is 0.780 e. The van der Waals surface area contributed by atoms with Gasteiger partial charge in [0, 0.05) is 0 Å². The average molecular weight is 1490 g/mol. The second-order valence-corrected chi connectivity index (χ2v) is 27.3. The van der Waals surface area contributed by atoms with Gasteiger partial charge in [0.2, 0.25) is 0 Å². The van der Waals surface area contributed by atoms with Crippen LogP contribution < -0.4 is 0 Å². The standard InChI is InChI=1S/2C31H39N2.4C6H6S.2Y/c2*1-20(2)25-16-12-17-26(21(3)4)29(25)32-31(24-14-10-9-11-15-24)33-30-27(22(5)6)18-13-19-28(30)23(7)8;4*7-6-4-2-1-3-5-6;;/h2*9-23H,1-8H3;4*1-5,7H;;/q2*-1;;;;;2*+3/p-4. The molecule has 0 amide bonds. The van der Waals surface area contributed by atoms with Gasteiger partial charge in [-0.1, -0.05) is 377 Å². The molecule has 0 saturated carbocycles. The fraction of sp³-hybridized carbons (Fsp3) is 0.279. The first kappa shape index (κ1) is 84.5. The van der Waals surface area contributed by atoms with Gasteiger partial charge in [0.25, 0.3) is 0 Å². The van der Waals surface area contributed by atoms with Gasteiger partial charge in [0.15, 0.2) is 0 Å². The van der Waals surface area contributed by atoms with E-state index in [9.17, 15) is 0 Å². The number of aliphatic imine (C=N–C) groups is 2. The van der Waals surface area contributed by atoms with Gasteiger partial charge in [-0.3, -0.25) is 0 Å². The quantitative estimate of drug-likeness (QED) is 0.0618.